The molecule has 1 rings (SSSR count). The minimum atomic E-state index is -2.95. The molecule has 4 nitrogen and oxygen atoms in total. The van der Waals surface area contributed by atoms with Crippen molar-refractivity contribution in [3.05, 3.63) is 0 Å². The topological polar surface area (TPSA) is 63.4 Å². The third-order valence-corrected chi connectivity index (χ3v) is 7.34. The third-order valence-electron chi connectivity index (χ3n) is 5.70. The summed E-state index contributed by atoms with van der Waals surface area (Å²) in [5.74, 6) is 0.309. The molecule has 4 unspecified atom stereocenters. The second-order valence-corrected chi connectivity index (χ2v) is 9.11. The number of nitrogens with two attached hydrogens (primary N) is 1. The molecule has 1 saturated carbocycles. The molecule has 0 aliphatic heterocycles. The summed E-state index contributed by atoms with van der Waals surface area (Å²) in [6.07, 6.45) is 5.94. The molecule has 21 heavy (non-hydrogen) atoms. The van der Waals surface area contributed by atoms with Crippen LogP contribution in [0.3, 0.4) is 0 Å². The number of hydrogen-bond acceptors (Lipinski definition) is 4. The van der Waals surface area contributed by atoms with Crippen molar-refractivity contribution in [3.8, 4) is 0 Å². The molecule has 1 fully saturated rings. The molecule has 0 saturated heterocycles. The molecule has 0 spiro atoms. The fourth-order valence-corrected chi connectivity index (χ4v) is 5.21. The Balaban J connectivity index is 2.92. The van der Waals surface area contributed by atoms with Crippen molar-refractivity contribution in [2.45, 2.75) is 76.6 Å². The van der Waals surface area contributed by atoms with Gasteiger partial charge in [0.05, 0.1) is 5.25 Å². The summed E-state index contributed by atoms with van der Waals surface area (Å²) in [7, 11) is -2.95. The Morgan fingerprint density at radius 1 is 1.24 bits per heavy atom. The minimum Gasteiger partial charge on any atom is -0.326 e. The van der Waals surface area contributed by atoms with Gasteiger partial charge in [-0.15, -0.1) is 0 Å². The van der Waals surface area contributed by atoms with E-state index in [0.29, 0.717) is 5.92 Å². The van der Waals surface area contributed by atoms with Gasteiger partial charge in [-0.3, -0.25) is 4.90 Å². The predicted octanol–water partition coefficient (Wildman–Crippen LogP) is 2.43. The summed E-state index contributed by atoms with van der Waals surface area (Å²) in [4.78, 5) is 2.43. The van der Waals surface area contributed by atoms with Crippen molar-refractivity contribution in [3.63, 3.8) is 0 Å². The van der Waals surface area contributed by atoms with Crippen LogP contribution in [-0.4, -0.2) is 49.5 Å². The third kappa shape index (κ3) is 4.20. The van der Waals surface area contributed by atoms with E-state index < -0.39 is 9.84 Å². The Bertz CT molecular complexity index is 420. The van der Waals surface area contributed by atoms with E-state index in [4.69, 9.17) is 5.73 Å². The van der Waals surface area contributed by atoms with Gasteiger partial charge in [-0.2, -0.15) is 0 Å². The van der Waals surface area contributed by atoms with Gasteiger partial charge in [-0.1, -0.05) is 27.2 Å². The highest BCUT2D eigenvalue weighted by molar-refractivity contribution is 7.91. The first-order chi connectivity index (χ1) is 9.70. The van der Waals surface area contributed by atoms with E-state index in [1.807, 2.05) is 0 Å². The van der Waals surface area contributed by atoms with E-state index in [2.05, 4.69) is 32.6 Å². The lowest BCUT2D eigenvalue weighted by atomic mass is 9.74. The molecular formula is C16H34N2O2S. The molecular weight excluding hydrogens is 284 g/mol. The van der Waals surface area contributed by atoms with E-state index in [0.717, 1.165) is 45.2 Å². The van der Waals surface area contributed by atoms with Gasteiger partial charge in [-0.25, -0.2) is 8.42 Å². The fourth-order valence-electron chi connectivity index (χ4n) is 4.02. The van der Waals surface area contributed by atoms with Gasteiger partial charge in [0.2, 0.25) is 0 Å². The van der Waals surface area contributed by atoms with Gasteiger partial charge in [-0.05, 0) is 51.6 Å². The Hall–Kier alpha value is -0.130. The summed E-state index contributed by atoms with van der Waals surface area (Å²) >= 11 is 0. The molecule has 1 aliphatic rings. The first-order valence-electron chi connectivity index (χ1n) is 8.40. The van der Waals surface area contributed by atoms with Gasteiger partial charge in [0.25, 0.3) is 0 Å². The maximum absolute atomic E-state index is 11.9. The van der Waals surface area contributed by atoms with E-state index in [1.165, 1.54) is 6.26 Å². The first-order valence-corrected chi connectivity index (χ1v) is 10.4. The maximum Gasteiger partial charge on any atom is 0.150 e. The summed E-state index contributed by atoms with van der Waals surface area (Å²) in [6.45, 7) is 10.7. The smallest absolute Gasteiger partial charge is 0.150 e. The van der Waals surface area contributed by atoms with E-state index in [-0.39, 0.29) is 16.8 Å². The van der Waals surface area contributed by atoms with Gasteiger partial charge in [0.15, 0.2) is 0 Å². The van der Waals surface area contributed by atoms with Gasteiger partial charge in [0.1, 0.15) is 9.84 Å². The fraction of sp³-hybridized carbons (Fsp3) is 1.00. The Labute approximate surface area is 131 Å². The first kappa shape index (κ1) is 18.9. The zero-order valence-corrected chi connectivity index (χ0v) is 15.2. The van der Waals surface area contributed by atoms with Crippen LogP contribution in [0.1, 0.15) is 59.8 Å². The zero-order valence-electron chi connectivity index (χ0n) is 14.4. The van der Waals surface area contributed by atoms with E-state index in [1.54, 1.807) is 0 Å². The standard InChI is InChI=1S/C16H34N2O2S/c1-6-16(4,18(7-2)8-3)15(17)13-10-9-11-14(12-13)21(5,19)20/h13-15H,6-12,17H2,1-5H3. The lowest BCUT2D eigenvalue weighted by molar-refractivity contribution is 0.0538. The van der Waals surface area contributed by atoms with E-state index in [9.17, 15) is 8.42 Å². The number of nitrogens with zero attached hydrogens (tertiary/aromatic N) is 1. The van der Waals surface area contributed by atoms with E-state index >= 15 is 0 Å². The summed E-state index contributed by atoms with van der Waals surface area (Å²) in [5, 5.41) is -0.194. The van der Waals surface area contributed by atoms with Crippen LogP contribution in [0.4, 0.5) is 0 Å². The predicted molar refractivity (Wildman–Crippen MR) is 90.2 cm³/mol. The van der Waals surface area contributed by atoms with Crippen molar-refractivity contribution < 1.29 is 8.42 Å². The van der Waals surface area contributed by atoms with Gasteiger partial charge < -0.3 is 5.73 Å². The van der Waals surface area contributed by atoms with Crippen LogP contribution in [0.5, 0.6) is 0 Å². The number of rotatable bonds is 7. The quantitative estimate of drug-likeness (QED) is 0.783. The second-order valence-electron chi connectivity index (χ2n) is 6.79. The van der Waals surface area contributed by atoms with Crippen molar-refractivity contribution in [2.75, 3.05) is 19.3 Å². The molecule has 126 valence electrons. The van der Waals surface area contributed by atoms with Crippen molar-refractivity contribution in [2.24, 2.45) is 11.7 Å². The minimum absolute atomic E-state index is 0.0342. The maximum atomic E-state index is 11.9. The summed E-state index contributed by atoms with van der Waals surface area (Å²) < 4.78 is 23.7. The monoisotopic (exact) mass is 318 g/mol. The lowest BCUT2D eigenvalue weighted by Crippen LogP contribution is -2.61. The van der Waals surface area contributed by atoms with Crippen LogP contribution in [-0.2, 0) is 9.84 Å². The molecule has 0 bridgehead atoms. The Morgan fingerprint density at radius 2 is 1.81 bits per heavy atom. The molecule has 0 aromatic rings. The normalized spacial score (nSPS) is 28.3. The molecule has 0 amide bonds. The second kappa shape index (κ2) is 7.42. The average molecular weight is 319 g/mol. The highest BCUT2D eigenvalue weighted by Gasteiger charge is 2.41. The molecule has 5 heteroatoms. The highest BCUT2D eigenvalue weighted by Crippen LogP contribution is 2.36. The summed E-state index contributed by atoms with van der Waals surface area (Å²) in [5.41, 5.74) is 6.61. The van der Waals surface area contributed by atoms with Crippen LogP contribution < -0.4 is 5.73 Å². The van der Waals surface area contributed by atoms with Crippen molar-refractivity contribution in [1.29, 1.82) is 0 Å². The number of likely N-dealkylation sites (N-methyl/N-ethyl adjacent to an activating group) is 1. The van der Waals surface area contributed by atoms with Crippen LogP contribution in [0.25, 0.3) is 0 Å². The van der Waals surface area contributed by atoms with Gasteiger partial charge in [0, 0.05) is 17.8 Å². The van der Waals surface area contributed by atoms with Crippen LogP contribution >= 0.6 is 0 Å². The molecule has 2 N–H and O–H groups in total. The molecule has 1 aliphatic carbocycles. The van der Waals surface area contributed by atoms with Crippen molar-refractivity contribution >= 4 is 9.84 Å². The van der Waals surface area contributed by atoms with Crippen LogP contribution in [0.15, 0.2) is 0 Å². The number of hydrogen-bond donors (Lipinski definition) is 1. The zero-order chi connectivity index (χ0) is 16.3. The molecule has 0 aromatic carbocycles. The van der Waals surface area contributed by atoms with Gasteiger partial charge >= 0.3 is 0 Å². The molecule has 0 aromatic heterocycles. The summed E-state index contributed by atoms with van der Waals surface area (Å²) in [6, 6.07) is 0.0342. The van der Waals surface area contributed by atoms with Crippen molar-refractivity contribution in [1.82, 2.24) is 4.90 Å². The largest absolute Gasteiger partial charge is 0.326 e. The Kier molecular flexibility index (Phi) is 6.69. The van der Waals surface area contributed by atoms with Crippen LogP contribution in [0, 0.1) is 5.92 Å². The SMILES string of the molecule is CCN(CC)C(C)(CC)C(N)C1CCCC(S(C)(=O)=O)C1. The highest BCUT2D eigenvalue weighted by atomic mass is 32.2. The van der Waals surface area contributed by atoms with Crippen LogP contribution in [0.2, 0.25) is 0 Å². The molecule has 4 atom stereocenters. The molecule has 0 heterocycles. The molecule has 0 radical (unpaired) electrons. The number of sulfone groups is 1. The Morgan fingerprint density at radius 3 is 2.24 bits per heavy atom. The average Bonchev–Trinajstić information content (AvgIpc) is 2.46. The lowest BCUT2D eigenvalue weighted by Gasteiger charge is -2.48.